The van der Waals surface area contributed by atoms with Gasteiger partial charge in [0.15, 0.2) is 0 Å². The molecule has 0 saturated carbocycles. The van der Waals surface area contributed by atoms with Gasteiger partial charge in [-0.2, -0.15) is 0 Å². The first-order chi connectivity index (χ1) is 23.8. The molecule has 49 heavy (non-hydrogen) atoms. The highest BCUT2D eigenvalue weighted by Crippen LogP contribution is 2.49. The molecule has 246 valence electrons. The summed E-state index contributed by atoms with van der Waals surface area (Å²) in [5.74, 6) is -1.77. The lowest BCUT2D eigenvalue weighted by atomic mass is 10.1. The number of carboxylic acid groups (broad SMARTS) is 2. The van der Waals surface area contributed by atoms with Crippen LogP contribution in [0.25, 0.3) is 59.9 Å². The predicted molar refractivity (Wildman–Crippen MR) is 207 cm³/mol. The third-order valence-corrected chi connectivity index (χ3v) is 14.5. The number of aliphatic carboxylic acids is 2. The Morgan fingerprint density at radius 1 is 0.449 bits per heavy atom. The molecule has 0 spiro atoms. The number of hydrogen-bond acceptors (Lipinski definition) is 9. The smallest absolute Gasteiger partial charge is 0.307 e. The maximum atomic E-state index is 11.9. The maximum absolute atomic E-state index is 11.9. The van der Waals surface area contributed by atoms with Crippen molar-refractivity contribution in [3.63, 3.8) is 0 Å². The van der Waals surface area contributed by atoms with Crippen molar-refractivity contribution in [1.29, 1.82) is 0 Å². The molecule has 6 N–H and O–H groups in total. The van der Waals surface area contributed by atoms with Crippen LogP contribution in [-0.4, -0.2) is 22.2 Å². The van der Waals surface area contributed by atoms with Crippen LogP contribution in [0.1, 0.15) is 22.3 Å². The Kier molecular flexibility index (Phi) is 9.75. The molecule has 0 saturated heterocycles. The molecule has 11 heteroatoms. The number of nitrogens with two attached hydrogens (primary N) is 2. The summed E-state index contributed by atoms with van der Waals surface area (Å²) in [6, 6.07) is 32.6. The van der Waals surface area contributed by atoms with Gasteiger partial charge in [-0.15, -0.1) is 56.7 Å². The highest BCUT2D eigenvalue weighted by Gasteiger charge is 2.22. The molecule has 0 unspecified atom stereocenters. The molecule has 0 amide bonds. The van der Waals surface area contributed by atoms with Crippen molar-refractivity contribution in [3.05, 3.63) is 119 Å². The summed E-state index contributed by atoms with van der Waals surface area (Å²) in [5.41, 5.74) is 17.9. The summed E-state index contributed by atoms with van der Waals surface area (Å²) in [6.07, 6.45) is -0.177. The minimum absolute atomic E-state index is 0.0886. The second-order valence-electron chi connectivity index (χ2n) is 11.3. The van der Waals surface area contributed by atoms with E-state index in [0.717, 1.165) is 82.2 Å². The Hall–Kier alpha value is -4.20. The fraction of sp³-hybridized carbons (Fsp3) is 0.105. The quantitative estimate of drug-likeness (QED) is 0.0989. The Labute approximate surface area is 303 Å². The fourth-order valence-corrected chi connectivity index (χ4v) is 11.7. The summed E-state index contributed by atoms with van der Waals surface area (Å²) in [4.78, 5) is 34.0. The molecule has 0 bridgehead atoms. The van der Waals surface area contributed by atoms with E-state index in [-0.39, 0.29) is 12.8 Å². The van der Waals surface area contributed by atoms with Crippen LogP contribution < -0.4 is 11.5 Å². The van der Waals surface area contributed by atoms with E-state index in [0.29, 0.717) is 13.1 Å². The van der Waals surface area contributed by atoms with Crippen LogP contribution in [0, 0.1) is 0 Å². The Morgan fingerprint density at radius 2 is 0.816 bits per heavy atom. The zero-order valence-electron chi connectivity index (χ0n) is 26.0. The largest absolute Gasteiger partial charge is 0.481 e. The summed E-state index contributed by atoms with van der Waals surface area (Å²) >= 11 is 8.08. The van der Waals surface area contributed by atoms with Gasteiger partial charge >= 0.3 is 11.9 Å². The van der Waals surface area contributed by atoms with Crippen LogP contribution >= 0.6 is 56.7 Å². The molecular weight excluding hydrogens is 709 g/mol. The minimum Gasteiger partial charge on any atom is -0.481 e. The molecule has 0 aliphatic carbocycles. The zero-order chi connectivity index (χ0) is 34.1. The van der Waals surface area contributed by atoms with E-state index in [1.165, 1.54) is 0 Å². The van der Waals surface area contributed by atoms with E-state index >= 15 is 0 Å². The van der Waals surface area contributed by atoms with Gasteiger partial charge in [-0.05, 0) is 81.9 Å². The molecule has 5 aromatic heterocycles. The normalized spacial score (nSPS) is 11.3. The van der Waals surface area contributed by atoms with Gasteiger partial charge in [0.1, 0.15) is 0 Å². The van der Waals surface area contributed by atoms with Crippen LogP contribution in [0.2, 0.25) is 0 Å². The highest BCUT2D eigenvalue weighted by atomic mass is 32.1. The molecule has 7 aromatic rings. The minimum atomic E-state index is -0.887. The monoisotopic (exact) mass is 738 g/mol. The van der Waals surface area contributed by atoms with Crippen LogP contribution in [-0.2, 0) is 35.5 Å². The Balaban J connectivity index is 1.23. The van der Waals surface area contributed by atoms with Gasteiger partial charge in [0.2, 0.25) is 0 Å². The molecule has 7 rings (SSSR count). The van der Waals surface area contributed by atoms with E-state index in [2.05, 4.69) is 36.4 Å². The van der Waals surface area contributed by atoms with Gasteiger partial charge in [0.25, 0.3) is 0 Å². The van der Waals surface area contributed by atoms with Crippen molar-refractivity contribution in [2.24, 2.45) is 11.5 Å². The van der Waals surface area contributed by atoms with Gasteiger partial charge in [0.05, 0.1) is 12.8 Å². The van der Waals surface area contributed by atoms with E-state index in [9.17, 15) is 19.8 Å². The summed E-state index contributed by atoms with van der Waals surface area (Å²) in [7, 11) is 0. The van der Waals surface area contributed by atoms with Crippen molar-refractivity contribution >= 4 is 68.6 Å². The average molecular weight is 739 g/mol. The third kappa shape index (κ3) is 6.97. The fourth-order valence-electron chi connectivity index (χ4n) is 5.80. The Bertz CT molecular complexity index is 2140. The van der Waals surface area contributed by atoms with Gasteiger partial charge in [0, 0.05) is 61.9 Å². The van der Waals surface area contributed by atoms with Crippen molar-refractivity contribution in [1.82, 2.24) is 0 Å². The molecule has 0 radical (unpaired) electrons. The SMILES string of the molecule is NCc1ccccc1-c1ccc(-c2cc(CC(=O)O)c(-c3ccc(-c4sc(-c5ccc(-c6ccccc6CN)s5)cc4CC(=O)O)s3)s2)s1. The number of thiophene rings is 5. The van der Waals surface area contributed by atoms with E-state index < -0.39 is 11.9 Å². The summed E-state index contributed by atoms with van der Waals surface area (Å²) in [6.45, 7) is 0.904. The van der Waals surface area contributed by atoms with E-state index in [1.807, 2.05) is 60.7 Å². The average Bonchev–Trinajstić information content (AvgIpc) is 3.94. The van der Waals surface area contributed by atoms with Crippen LogP contribution in [0.5, 0.6) is 0 Å². The molecule has 0 fully saturated rings. The third-order valence-electron chi connectivity index (χ3n) is 8.06. The lowest BCUT2D eigenvalue weighted by Crippen LogP contribution is -1.99. The molecule has 0 aliphatic heterocycles. The molecule has 5 heterocycles. The zero-order valence-corrected chi connectivity index (χ0v) is 30.1. The lowest BCUT2D eigenvalue weighted by molar-refractivity contribution is -0.137. The predicted octanol–water partition coefficient (Wildman–Crippen LogP) is 10.2. The molecular formula is C38H30N2O4S5. The second-order valence-corrected chi connectivity index (χ2v) is 16.6. The van der Waals surface area contributed by atoms with Gasteiger partial charge in [-0.25, -0.2) is 0 Å². The van der Waals surface area contributed by atoms with Crippen LogP contribution in [0.15, 0.2) is 97.1 Å². The molecule has 0 atom stereocenters. The standard InChI is InChI=1S/C38H30N2O4S5/c39-19-21-5-1-3-7-25(21)27-9-11-29(45-27)33-15-23(17-35(41)42)37(48-33)31-13-14-32(47-31)38-24(18-36(43)44)16-34(49-38)30-12-10-28(46-30)26-8-4-2-6-22(26)20-40/h1-16H,17-20,39-40H2,(H,41,42)(H,43,44). The van der Waals surface area contributed by atoms with E-state index in [1.54, 1.807) is 56.7 Å². The summed E-state index contributed by atoms with van der Waals surface area (Å²) in [5, 5.41) is 19.6. The number of rotatable bonds is 12. The molecule has 2 aromatic carbocycles. The number of hydrogen-bond donors (Lipinski definition) is 4. The molecule has 0 aliphatic rings. The highest BCUT2D eigenvalue weighted by molar-refractivity contribution is 7.30. The number of carbonyl (C=O) groups is 2. The first-order valence-corrected chi connectivity index (χ1v) is 19.5. The first kappa shape index (κ1) is 33.3. The number of carboxylic acids is 2. The van der Waals surface area contributed by atoms with Crippen molar-refractivity contribution in [3.8, 4) is 59.9 Å². The number of benzene rings is 2. The second kappa shape index (κ2) is 14.3. The van der Waals surface area contributed by atoms with Gasteiger partial charge in [-0.3, -0.25) is 9.59 Å². The van der Waals surface area contributed by atoms with Crippen molar-refractivity contribution < 1.29 is 19.8 Å². The lowest BCUT2D eigenvalue weighted by Gasteiger charge is -2.04. The van der Waals surface area contributed by atoms with Gasteiger partial charge < -0.3 is 21.7 Å². The first-order valence-electron chi connectivity index (χ1n) is 15.4. The molecule has 6 nitrogen and oxygen atoms in total. The van der Waals surface area contributed by atoms with Crippen molar-refractivity contribution in [2.75, 3.05) is 0 Å². The van der Waals surface area contributed by atoms with E-state index in [4.69, 9.17) is 11.5 Å². The Morgan fingerprint density at radius 3 is 1.22 bits per heavy atom. The van der Waals surface area contributed by atoms with Gasteiger partial charge in [-0.1, -0.05) is 48.5 Å². The maximum Gasteiger partial charge on any atom is 0.307 e. The topological polar surface area (TPSA) is 127 Å². The van der Waals surface area contributed by atoms with Crippen LogP contribution in [0.4, 0.5) is 0 Å². The van der Waals surface area contributed by atoms with Crippen LogP contribution in [0.3, 0.4) is 0 Å². The summed E-state index contributed by atoms with van der Waals surface area (Å²) < 4.78 is 0. The van der Waals surface area contributed by atoms with Crippen molar-refractivity contribution in [2.45, 2.75) is 25.9 Å².